The smallest absolute Gasteiger partial charge is 0.0805 e. The number of hydrogen-bond donors (Lipinski definition) is 0. The molecule has 0 saturated heterocycles. The lowest BCUT2D eigenvalue weighted by Crippen LogP contribution is -1.88. The van der Waals surface area contributed by atoms with Crippen LogP contribution in [0.5, 0.6) is 0 Å². The number of aryl methyl sites for hydroxylation is 1. The van der Waals surface area contributed by atoms with Gasteiger partial charge >= 0.3 is 0 Å². The second-order valence-corrected chi connectivity index (χ2v) is 6.67. The van der Waals surface area contributed by atoms with Gasteiger partial charge in [0.05, 0.1) is 6.61 Å². The van der Waals surface area contributed by atoms with Crippen LogP contribution in [0.3, 0.4) is 0 Å². The zero-order valence-electron chi connectivity index (χ0n) is 13.0. The third-order valence-corrected chi connectivity index (χ3v) is 4.86. The molecule has 0 aliphatic heterocycles. The zero-order chi connectivity index (χ0) is 15.4. The predicted octanol–water partition coefficient (Wildman–Crippen LogP) is 5.46. The van der Waals surface area contributed by atoms with Gasteiger partial charge in [-0.2, -0.15) is 0 Å². The van der Waals surface area contributed by atoms with Crippen LogP contribution in [0.4, 0.5) is 0 Å². The van der Waals surface area contributed by atoms with E-state index in [4.69, 9.17) is 4.74 Å². The first-order valence-corrected chi connectivity index (χ1v) is 8.29. The van der Waals surface area contributed by atoms with Gasteiger partial charge in [-0.3, -0.25) is 0 Å². The van der Waals surface area contributed by atoms with E-state index in [2.05, 4.69) is 67.6 Å². The van der Waals surface area contributed by atoms with Crippen LogP contribution < -0.4 is 0 Å². The van der Waals surface area contributed by atoms with E-state index in [0.29, 0.717) is 6.61 Å². The van der Waals surface area contributed by atoms with E-state index in [9.17, 15) is 0 Å². The first-order valence-electron chi connectivity index (χ1n) is 7.48. The van der Waals surface area contributed by atoms with Crippen molar-refractivity contribution < 1.29 is 4.74 Å². The summed E-state index contributed by atoms with van der Waals surface area (Å²) in [5, 5.41) is 0. The molecule has 0 fully saturated rings. The van der Waals surface area contributed by atoms with Gasteiger partial charge in [0.2, 0.25) is 0 Å². The normalized spacial score (nSPS) is 10.8. The number of rotatable bonds is 5. The van der Waals surface area contributed by atoms with E-state index in [1.807, 2.05) is 11.3 Å². The Labute approximate surface area is 136 Å². The van der Waals surface area contributed by atoms with Gasteiger partial charge in [-0.05, 0) is 36.1 Å². The van der Waals surface area contributed by atoms with Crippen molar-refractivity contribution in [3.8, 4) is 10.4 Å². The van der Waals surface area contributed by atoms with E-state index in [0.717, 1.165) is 6.42 Å². The van der Waals surface area contributed by atoms with Crippen LogP contribution >= 0.6 is 11.3 Å². The Morgan fingerprint density at radius 2 is 1.77 bits per heavy atom. The van der Waals surface area contributed by atoms with Crippen molar-refractivity contribution in [2.24, 2.45) is 0 Å². The van der Waals surface area contributed by atoms with E-state index < -0.39 is 0 Å². The topological polar surface area (TPSA) is 9.23 Å². The molecule has 22 heavy (non-hydrogen) atoms. The maximum atomic E-state index is 5.32. The molecule has 1 aromatic heterocycles. The van der Waals surface area contributed by atoms with Gasteiger partial charge in [-0.15, -0.1) is 11.3 Å². The van der Waals surface area contributed by atoms with Crippen molar-refractivity contribution in [2.75, 3.05) is 7.11 Å². The maximum Gasteiger partial charge on any atom is 0.0805 e. The second kappa shape index (κ2) is 6.91. The average Bonchev–Trinajstić information content (AvgIpc) is 2.91. The molecule has 0 radical (unpaired) electrons. The van der Waals surface area contributed by atoms with Crippen LogP contribution in [-0.4, -0.2) is 7.11 Å². The Bertz CT molecular complexity index is 743. The fourth-order valence-electron chi connectivity index (χ4n) is 2.68. The number of methoxy groups -OCH3 is 1. The number of ether oxygens (including phenoxy) is 1. The summed E-state index contributed by atoms with van der Waals surface area (Å²) in [4.78, 5) is 2.64. The largest absolute Gasteiger partial charge is 0.379 e. The lowest BCUT2D eigenvalue weighted by Gasteiger charge is -2.05. The third kappa shape index (κ3) is 3.46. The van der Waals surface area contributed by atoms with Gasteiger partial charge in [-0.25, -0.2) is 0 Å². The molecule has 3 aromatic rings. The van der Waals surface area contributed by atoms with Crippen molar-refractivity contribution >= 4 is 11.3 Å². The number of benzene rings is 2. The summed E-state index contributed by atoms with van der Waals surface area (Å²) < 4.78 is 5.32. The summed E-state index contributed by atoms with van der Waals surface area (Å²) in [7, 11) is 1.75. The summed E-state index contributed by atoms with van der Waals surface area (Å²) in [5.41, 5.74) is 5.33. The molecule has 2 heteroatoms. The standard InChI is InChI=1S/C20H20OS/c1-15-7-6-10-17(11-15)20-18(13-19(22-20)14-21-2)12-16-8-4-3-5-9-16/h3-11,13H,12,14H2,1-2H3. The van der Waals surface area contributed by atoms with Crippen LogP contribution in [0.2, 0.25) is 0 Å². The Hall–Kier alpha value is -1.90. The van der Waals surface area contributed by atoms with Crippen LogP contribution in [0.25, 0.3) is 10.4 Å². The molecule has 0 N–H and O–H groups in total. The van der Waals surface area contributed by atoms with E-state index >= 15 is 0 Å². The van der Waals surface area contributed by atoms with Gasteiger partial charge in [0.1, 0.15) is 0 Å². The first kappa shape index (κ1) is 15.0. The Morgan fingerprint density at radius 1 is 0.955 bits per heavy atom. The van der Waals surface area contributed by atoms with E-state index in [1.165, 1.54) is 32.0 Å². The van der Waals surface area contributed by atoms with Crippen LogP contribution in [0.1, 0.15) is 21.6 Å². The van der Waals surface area contributed by atoms with Gasteiger partial charge in [-0.1, -0.05) is 60.2 Å². The Kier molecular flexibility index (Phi) is 4.71. The molecule has 0 bridgehead atoms. The molecule has 0 amide bonds. The molecule has 1 heterocycles. The molecular formula is C20H20OS. The molecule has 2 aromatic carbocycles. The first-order chi connectivity index (χ1) is 10.8. The Balaban J connectivity index is 2.00. The molecule has 1 nitrogen and oxygen atoms in total. The highest BCUT2D eigenvalue weighted by atomic mass is 32.1. The predicted molar refractivity (Wildman–Crippen MR) is 94.5 cm³/mol. The maximum absolute atomic E-state index is 5.32. The van der Waals surface area contributed by atoms with Gasteiger partial charge in [0, 0.05) is 16.9 Å². The second-order valence-electron chi connectivity index (χ2n) is 5.53. The van der Waals surface area contributed by atoms with E-state index in [1.54, 1.807) is 7.11 Å². The van der Waals surface area contributed by atoms with Crippen molar-refractivity contribution in [3.63, 3.8) is 0 Å². The molecule has 0 saturated carbocycles. The molecule has 112 valence electrons. The number of thiophene rings is 1. The molecule has 3 rings (SSSR count). The van der Waals surface area contributed by atoms with E-state index in [-0.39, 0.29) is 0 Å². The SMILES string of the molecule is COCc1cc(Cc2ccccc2)c(-c2cccc(C)c2)s1. The fraction of sp³-hybridized carbons (Fsp3) is 0.200. The van der Waals surface area contributed by atoms with Gasteiger partial charge < -0.3 is 4.74 Å². The highest BCUT2D eigenvalue weighted by Crippen LogP contribution is 2.35. The van der Waals surface area contributed by atoms with Crippen LogP contribution in [0.15, 0.2) is 60.7 Å². The van der Waals surface area contributed by atoms with Crippen molar-refractivity contribution in [3.05, 3.63) is 82.2 Å². The molecule has 0 unspecified atom stereocenters. The third-order valence-electron chi connectivity index (χ3n) is 3.66. The summed E-state index contributed by atoms with van der Waals surface area (Å²) in [5.74, 6) is 0. The molecule has 0 atom stereocenters. The average molecular weight is 308 g/mol. The summed E-state index contributed by atoms with van der Waals surface area (Å²) >= 11 is 1.84. The quantitative estimate of drug-likeness (QED) is 0.608. The van der Waals surface area contributed by atoms with Crippen molar-refractivity contribution in [2.45, 2.75) is 20.0 Å². The molecule has 0 spiro atoms. The fourth-order valence-corrected chi connectivity index (χ4v) is 3.82. The highest BCUT2D eigenvalue weighted by Gasteiger charge is 2.12. The lowest BCUT2D eigenvalue weighted by molar-refractivity contribution is 0.187. The van der Waals surface area contributed by atoms with Gasteiger partial charge in [0.25, 0.3) is 0 Å². The monoisotopic (exact) mass is 308 g/mol. The molecular weight excluding hydrogens is 288 g/mol. The number of hydrogen-bond acceptors (Lipinski definition) is 2. The minimum Gasteiger partial charge on any atom is -0.379 e. The summed E-state index contributed by atoms with van der Waals surface area (Å²) in [6.45, 7) is 2.82. The molecule has 0 aliphatic rings. The minimum absolute atomic E-state index is 0.679. The summed E-state index contributed by atoms with van der Waals surface area (Å²) in [6, 6.07) is 21.7. The van der Waals surface area contributed by atoms with Gasteiger partial charge in [0.15, 0.2) is 0 Å². The zero-order valence-corrected chi connectivity index (χ0v) is 13.8. The van der Waals surface area contributed by atoms with Crippen molar-refractivity contribution in [1.82, 2.24) is 0 Å². The molecule has 0 aliphatic carbocycles. The van der Waals surface area contributed by atoms with Crippen LogP contribution in [0, 0.1) is 6.92 Å². The van der Waals surface area contributed by atoms with Crippen LogP contribution in [-0.2, 0) is 17.8 Å². The van der Waals surface area contributed by atoms with Crippen molar-refractivity contribution in [1.29, 1.82) is 0 Å². The Morgan fingerprint density at radius 3 is 2.50 bits per heavy atom. The minimum atomic E-state index is 0.679. The highest BCUT2D eigenvalue weighted by molar-refractivity contribution is 7.15. The summed E-state index contributed by atoms with van der Waals surface area (Å²) in [6.07, 6.45) is 0.963. The lowest BCUT2D eigenvalue weighted by atomic mass is 10.0.